The smallest absolute Gasteiger partial charge is 0.229 e. The molecular formula is C17H17ClN6O. The van der Waals surface area contributed by atoms with Crippen molar-refractivity contribution in [3.63, 3.8) is 0 Å². The van der Waals surface area contributed by atoms with Crippen molar-refractivity contribution in [2.24, 2.45) is 5.92 Å². The Kier molecular flexibility index (Phi) is 4.23. The minimum atomic E-state index is -0.0915. The van der Waals surface area contributed by atoms with E-state index >= 15 is 0 Å². The van der Waals surface area contributed by atoms with E-state index in [-0.39, 0.29) is 11.8 Å². The lowest BCUT2D eigenvalue weighted by Gasteiger charge is -2.32. The third kappa shape index (κ3) is 3.41. The van der Waals surface area contributed by atoms with Gasteiger partial charge in [-0.2, -0.15) is 4.52 Å². The predicted octanol–water partition coefficient (Wildman–Crippen LogP) is 2.63. The highest BCUT2D eigenvalue weighted by molar-refractivity contribution is 6.30. The Bertz CT molecular complexity index is 911. The fourth-order valence-electron chi connectivity index (χ4n) is 3.10. The van der Waals surface area contributed by atoms with Crippen molar-refractivity contribution in [3.05, 3.63) is 47.7 Å². The highest BCUT2D eigenvalue weighted by atomic mass is 35.5. The molecule has 8 heteroatoms. The number of hydrogen-bond donors (Lipinski definition) is 1. The number of carbonyl (C=O) groups excluding carboxylic acids is 1. The third-order valence-electron chi connectivity index (χ3n) is 4.36. The summed E-state index contributed by atoms with van der Waals surface area (Å²) in [5, 5.41) is 15.9. The maximum absolute atomic E-state index is 12.6. The summed E-state index contributed by atoms with van der Waals surface area (Å²) < 4.78 is 1.64. The number of nitrogens with zero attached hydrogens (tertiary/aromatic N) is 5. The standard InChI is InChI=1S/C17H17ClN6O/c18-13-4-1-5-14(9-13)20-17(25)12-3-2-8-23(10-12)16-7-6-15-21-19-11-24(15)22-16/h1,4-7,9,11-12H,2-3,8,10H2,(H,20,25). The van der Waals surface area contributed by atoms with E-state index < -0.39 is 0 Å². The van der Waals surface area contributed by atoms with E-state index in [1.54, 1.807) is 23.0 Å². The second-order valence-electron chi connectivity index (χ2n) is 6.11. The molecule has 128 valence electrons. The maximum atomic E-state index is 12.6. The number of carbonyl (C=O) groups is 1. The first-order chi connectivity index (χ1) is 12.2. The molecule has 1 amide bonds. The number of hydrogen-bond acceptors (Lipinski definition) is 5. The Morgan fingerprint density at radius 1 is 1.28 bits per heavy atom. The van der Waals surface area contributed by atoms with Crippen LogP contribution in [0.2, 0.25) is 5.02 Å². The largest absolute Gasteiger partial charge is 0.354 e. The van der Waals surface area contributed by atoms with Gasteiger partial charge in [0.15, 0.2) is 5.65 Å². The summed E-state index contributed by atoms with van der Waals surface area (Å²) in [5.41, 5.74) is 1.43. The molecule has 1 N–H and O–H groups in total. The molecule has 7 nitrogen and oxygen atoms in total. The van der Waals surface area contributed by atoms with Crippen LogP contribution in [0.25, 0.3) is 5.65 Å². The van der Waals surface area contributed by atoms with Crippen molar-refractivity contribution >= 4 is 34.7 Å². The number of rotatable bonds is 3. The number of fused-ring (bicyclic) bond motifs is 1. The topological polar surface area (TPSA) is 75.4 Å². The Morgan fingerprint density at radius 2 is 2.20 bits per heavy atom. The summed E-state index contributed by atoms with van der Waals surface area (Å²) in [7, 11) is 0. The van der Waals surface area contributed by atoms with Crippen molar-refractivity contribution in [2.75, 3.05) is 23.3 Å². The normalized spacial score (nSPS) is 17.6. The van der Waals surface area contributed by atoms with Crippen LogP contribution in [-0.2, 0) is 4.79 Å². The first-order valence-corrected chi connectivity index (χ1v) is 8.55. The van der Waals surface area contributed by atoms with Gasteiger partial charge in [0.05, 0.1) is 5.92 Å². The Balaban J connectivity index is 1.47. The molecular weight excluding hydrogens is 340 g/mol. The van der Waals surface area contributed by atoms with E-state index in [0.29, 0.717) is 17.2 Å². The van der Waals surface area contributed by atoms with Crippen LogP contribution < -0.4 is 10.2 Å². The quantitative estimate of drug-likeness (QED) is 0.780. The summed E-state index contributed by atoms with van der Waals surface area (Å²) in [4.78, 5) is 14.7. The SMILES string of the molecule is O=C(Nc1cccc(Cl)c1)C1CCCN(c2ccc3nncn3n2)C1. The second kappa shape index (κ2) is 6.68. The first kappa shape index (κ1) is 15.8. The number of halogens is 1. The minimum Gasteiger partial charge on any atom is -0.354 e. The highest BCUT2D eigenvalue weighted by Gasteiger charge is 2.27. The van der Waals surface area contributed by atoms with Crippen LogP contribution in [0.1, 0.15) is 12.8 Å². The summed E-state index contributed by atoms with van der Waals surface area (Å²) in [6.45, 7) is 1.51. The monoisotopic (exact) mass is 356 g/mol. The van der Waals surface area contributed by atoms with Crippen molar-refractivity contribution in [2.45, 2.75) is 12.8 Å². The molecule has 1 aromatic carbocycles. The molecule has 25 heavy (non-hydrogen) atoms. The van der Waals surface area contributed by atoms with E-state index in [4.69, 9.17) is 11.6 Å². The van der Waals surface area contributed by atoms with Crippen LogP contribution in [0.15, 0.2) is 42.7 Å². The molecule has 1 aliphatic heterocycles. The second-order valence-corrected chi connectivity index (χ2v) is 6.55. The number of nitrogens with one attached hydrogen (secondary N) is 1. The minimum absolute atomic E-state index is 0.0114. The van der Waals surface area contributed by atoms with Gasteiger partial charge >= 0.3 is 0 Å². The summed E-state index contributed by atoms with van der Waals surface area (Å²) in [6, 6.07) is 11.0. The average molecular weight is 357 g/mol. The van der Waals surface area contributed by atoms with Crippen molar-refractivity contribution < 1.29 is 4.79 Å². The van der Waals surface area contributed by atoms with Gasteiger partial charge < -0.3 is 10.2 Å². The molecule has 1 saturated heterocycles. The molecule has 0 spiro atoms. The lowest BCUT2D eigenvalue weighted by Crippen LogP contribution is -2.41. The molecule has 3 aromatic rings. The molecule has 0 bridgehead atoms. The van der Waals surface area contributed by atoms with Crippen LogP contribution in [-0.4, -0.2) is 38.8 Å². The van der Waals surface area contributed by atoms with E-state index in [0.717, 1.165) is 30.9 Å². The van der Waals surface area contributed by atoms with E-state index in [9.17, 15) is 4.79 Å². The number of anilines is 2. The van der Waals surface area contributed by atoms with Crippen LogP contribution >= 0.6 is 11.6 Å². The van der Waals surface area contributed by atoms with Gasteiger partial charge in [0.25, 0.3) is 0 Å². The zero-order valence-electron chi connectivity index (χ0n) is 13.5. The number of amides is 1. The van der Waals surface area contributed by atoms with Crippen molar-refractivity contribution in [3.8, 4) is 0 Å². The zero-order chi connectivity index (χ0) is 17.2. The average Bonchev–Trinajstić information content (AvgIpc) is 3.09. The maximum Gasteiger partial charge on any atom is 0.229 e. The molecule has 1 unspecified atom stereocenters. The van der Waals surface area contributed by atoms with E-state index in [1.165, 1.54) is 0 Å². The van der Waals surface area contributed by atoms with E-state index in [2.05, 4.69) is 25.5 Å². The molecule has 0 radical (unpaired) electrons. The van der Waals surface area contributed by atoms with Crippen LogP contribution in [0.3, 0.4) is 0 Å². The van der Waals surface area contributed by atoms with E-state index in [1.807, 2.05) is 24.3 Å². The molecule has 1 atom stereocenters. The van der Waals surface area contributed by atoms with Crippen molar-refractivity contribution in [1.29, 1.82) is 0 Å². The molecule has 1 fully saturated rings. The summed E-state index contributed by atoms with van der Waals surface area (Å²) >= 11 is 5.98. The fourth-order valence-corrected chi connectivity index (χ4v) is 3.29. The van der Waals surface area contributed by atoms with Gasteiger partial charge in [-0.15, -0.1) is 15.3 Å². The van der Waals surface area contributed by atoms with Gasteiger partial charge in [-0.05, 0) is 43.2 Å². The highest BCUT2D eigenvalue weighted by Crippen LogP contribution is 2.23. The summed E-state index contributed by atoms with van der Waals surface area (Å²) in [6.07, 6.45) is 3.37. The van der Waals surface area contributed by atoms with Gasteiger partial charge in [0, 0.05) is 23.8 Å². The van der Waals surface area contributed by atoms with Gasteiger partial charge in [0.1, 0.15) is 12.1 Å². The first-order valence-electron chi connectivity index (χ1n) is 8.17. The number of benzene rings is 1. The van der Waals surface area contributed by atoms with Gasteiger partial charge in [-0.3, -0.25) is 4.79 Å². The zero-order valence-corrected chi connectivity index (χ0v) is 14.2. The number of piperidine rings is 1. The molecule has 2 aromatic heterocycles. The molecule has 0 saturated carbocycles. The Morgan fingerprint density at radius 3 is 3.08 bits per heavy atom. The lowest BCUT2D eigenvalue weighted by molar-refractivity contribution is -0.120. The number of aromatic nitrogens is 4. The van der Waals surface area contributed by atoms with Crippen LogP contribution in [0.5, 0.6) is 0 Å². The molecule has 4 rings (SSSR count). The van der Waals surface area contributed by atoms with Crippen LogP contribution in [0.4, 0.5) is 11.5 Å². The molecule has 3 heterocycles. The Hall–Kier alpha value is -2.67. The Labute approximate surface area is 149 Å². The lowest BCUT2D eigenvalue weighted by atomic mass is 9.97. The fraction of sp³-hybridized carbons (Fsp3) is 0.294. The van der Waals surface area contributed by atoms with Crippen molar-refractivity contribution in [1.82, 2.24) is 19.8 Å². The van der Waals surface area contributed by atoms with Crippen LogP contribution in [0, 0.1) is 5.92 Å². The molecule has 1 aliphatic rings. The van der Waals surface area contributed by atoms with Gasteiger partial charge in [-0.1, -0.05) is 17.7 Å². The van der Waals surface area contributed by atoms with Gasteiger partial charge in [-0.25, -0.2) is 0 Å². The summed E-state index contributed by atoms with van der Waals surface area (Å²) in [5.74, 6) is 0.746. The predicted molar refractivity (Wildman–Crippen MR) is 95.8 cm³/mol. The molecule has 0 aliphatic carbocycles. The van der Waals surface area contributed by atoms with Gasteiger partial charge in [0.2, 0.25) is 5.91 Å². The third-order valence-corrected chi connectivity index (χ3v) is 4.59.